The number of para-hydroxylation sites is 2. The average molecular weight is 453 g/mol. The van der Waals surface area contributed by atoms with Gasteiger partial charge < -0.3 is 15.3 Å². The van der Waals surface area contributed by atoms with Crippen molar-refractivity contribution < 1.29 is 5.11 Å². The first-order valence-corrected chi connectivity index (χ1v) is 10.9. The SMILES string of the molecule is Oc1ccc(Nc2ncnc3cc(Cl)ccc23)cc1CN(c1ccccc1)c1ccccc1. The van der Waals surface area contributed by atoms with Gasteiger partial charge in [0.1, 0.15) is 17.9 Å². The number of nitrogens with one attached hydrogen (secondary N) is 1. The van der Waals surface area contributed by atoms with Crippen LogP contribution in [0.5, 0.6) is 5.75 Å². The van der Waals surface area contributed by atoms with Gasteiger partial charge in [-0.05, 0) is 60.7 Å². The molecule has 0 spiro atoms. The van der Waals surface area contributed by atoms with E-state index >= 15 is 0 Å². The minimum atomic E-state index is 0.233. The molecule has 0 amide bonds. The number of hydrogen-bond acceptors (Lipinski definition) is 5. The van der Waals surface area contributed by atoms with E-state index in [-0.39, 0.29) is 5.75 Å². The molecule has 0 aliphatic carbocycles. The number of hydrogen-bond donors (Lipinski definition) is 2. The van der Waals surface area contributed by atoms with Crippen molar-refractivity contribution in [2.75, 3.05) is 10.2 Å². The van der Waals surface area contributed by atoms with E-state index in [0.29, 0.717) is 17.4 Å². The fraction of sp³-hybridized carbons (Fsp3) is 0.0370. The number of nitrogens with zero attached hydrogens (tertiary/aromatic N) is 3. The topological polar surface area (TPSA) is 61.3 Å². The molecule has 0 aliphatic heterocycles. The van der Waals surface area contributed by atoms with Gasteiger partial charge in [-0.25, -0.2) is 9.97 Å². The van der Waals surface area contributed by atoms with E-state index in [4.69, 9.17) is 11.6 Å². The molecule has 0 saturated heterocycles. The minimum Gasteiger partial charge on any atom is -0.508 e. The highest BCUT2D eigenvalue weighted by Gasteiger charge is 2.14. The lowest BCUT2D eigenvalue weighted by Gasteiger charge is -2.26. The molecule has 33 heavy (non-hydrogen) atoms. The van der Waals surface area contributed by atoms with E-state index in [1.807, 2.05) is 66.7 Å². The maximum absolute atomic E-state index is 10.7. The Morgan fingerprint density at radius 3 is 2.18 bits per heavy atom. The van der Waals surface area contributed by atoms with Crippen molar-refractivity contribution in [3.05, 3.63) is 114 Å². The molecule has 0 fully saturated rings. The lowest BCUT2D eigenvalue weighted by atomic mass is 10.1. The van der Waals surface area contributed by atoms with Crippen LogP contribution >= 0.6 is 11.6 Å². The molecule has 0 atom stereocenters. The number of rotatable bonds is 6. The first kappa shape index (κ1) is 20.8. The molecule has 1 aromatic heterocycles. The standard InChI is InChI=1S/C27H21ClN4O/c28-20-11-13-24-25(16-20)29-18-30-27(24)31-21-12-14-26(33)19(15-21)17-32(22-7-3-1-4-8-22)23-9-5-2-6-10-23/h1-16,18,33H,17H2,(H,29,30,31). The molecule has 2 N–H and O–H groups in total. The van der Waals surface area contributed by atoms with Crippen molar-refractivity contribution in [2.24, 2.45) is 0 Å². The summed E-state index contributed by atoms with van der Waals surface area (Å²) in [5.41, 5.74) is 4.45. The van der Waals surface area contributed by atoms with Crippen LogP contribution in [0.3, 0.4) is 0 Å². The summed E-state index contributed by atoms with van der Waals surface area (Å²) in [6.07, 6.45) is 1.51. The summed E-state index contributed by atoms with van der Waals surface area (Å²) in [5.74, 6) is 0.910. The number of phenolic OH excluding ortho intramolecular Hbond substituents is 1. The molecule has 5 nitrogen and oxygen atoms in total. The van der Waals surface area contributed by atoms with Crippen molar-refractivity contribution in [3.8, 4) is 5.75 Å². The van der Waals surface area contributed by atoms with Gasteiger partial charge in [-0.2, -0.15) is 0 Å². The maximum atomic E-state index is 10.7. The number of aromatic nitrogens is 2. The van der Waals surface area contributed by atoms with E-state index in [2.05, 4.69) is 44.5 Å². The summed E-state index contributed by atoms with van der Waals surface area (Å²) in [7, 11) is 0. The summed E-state index contributed by atoms with van der Waals surface area (Å²) >= 11 is 6.11. The molecule has 162 valence electrons. The molecule has 0 unspecified atom stereocenters. The Morgan fingerprint density at radius 2 is 1.48 bits per heavy atom. The summed E-state index contributed by atoms with van der Waals surface area (Å²) in [5, 5.41) is 15.5. The van der Waals surface area contributed by atoms with Crippen LogP contribution in [0, 0.1) is 0 Å². The first-order chi connectivity index (χ1) is 16.2. The zero-order valence-electron chi connectivity index (χ0n) is 17.7. The molecule has 1 heterocycles. The van der Waals surface area contributed by atoms with Crippen molar-refractivity contribution in [1.82, 2.24) is 9.97 Å². The third-order valence-electron chi connectivity index (χ3n) is 5.40. The largest absolute Gasteiger partial charge is 0.508 e. The van der Waals surface area contributed by atoms with Gasteiger partial charge in [-0.1, -0.05) is 48.0 Å². The van der Waals surface area contributed by atoms with E-state index in [1.54, 1.807) is 6.07 Å². The second kappa shape index (κ2) is 9.18. The molecule has 0 aliphatic rings. The van der Waals surface area contributed by atoms with Crippen LogP contribution in [0.2, 0.25) is 5.02 Å². The van der Waals surface area contributed by atoms with Crippen LogP contribution < -0.4 is 10.2 Å². The van der Waals surface area contributed by atoms with Gasteiger partial charge in [-0.3, -0.25) is 0 Å². The van der Waals surface area contributed by atoms with E-state index in [9.17, 15) is 5.11 Å². The molecule has 5 aromatic rings. The van der Waals surface area contributed by atoms with Gasteiger partial charge in [0.25, 0.3) is 0 Å². The summed E-state index contributed by atoms with van der Waals surface area (Å²) < 4.78 is 0. The summed E-state index contributed by atoms with van der Waals surface area (Å²) in [4.78, 5) is 10.9. The van der Waals surface area contributed by atoms with Crippen LogP contribution in [0.1, 0.15) is 5.56 Å². The van der Waals surface area contributed by atoms with Gasteiger partial charge in [0.05, 0.1) is 12.1 Å². The number of benzene rings is 4. The van der Waals surface area contributed by atoms with E-state index in [1.165, 1.54) is 6.33 Å². The van der Waals surface area contributed by atoms with Crippen LogP contribution in [0.15, 0.2) is 103 Å². The molecule has 6 heteroatoms. The number of phenols is 1. The van der Waals surface area contributed by atoms with Crippen LogP contribution in [0.4, 0.5) is 22.9 Å². The Balaban J connectivity index is 1.49. The Morgan fingerprint density at radius 1 is 0.788 bits per heavy atom. The Hall–Kier alpha value is -4.09. The van der Waals surface area contributed by atoms with E-state index < -0.39 is 0 Å². The van der Waals surface area contributed by atoms with Gasteiger partial charge in [0.15, 0.2) is 0 Å². The minimum absolute atomic E-state index is 0.233. The van der Waals surface area contributed by atoms with Crippen LogP contribution in [-0.2, 0) is 6.54 Å². The monoisotopic (exact) mass is 452 g/mol. The quantitative estimate of drug-likeness (QED) is 0.270. The molecule has 5 rings (SSSR count). The third-order valence-corrected chi connectivity index (χ3v) is 5.64. The second-order valence-electron chi connectivity index (χ2n) is 7.61. The molecule has 0 radical (unpaired) electrons. The lowest BCUT2D eigenvalue weighted by molar-refractivity contribution is 0.468. The van der Waals surface area contributed by atoms with Crippen LogP contribution in [-0.4, -0.2) is 15.1 Å². The van der Waals surface area contributed by atoms with Crippen molar-refractivity contribution in [3.63, 3.8) is 0 Å². The predicted octanol–water partition coefficient (Wildman–Crippen LogP) is 7.07. The highest BCUT2D eigenvalue weighted by atomic mass is 35.5. The van der Waals surface area contributed by atoms with Gasteiger partial charge in [-0.15, -0.1) is 0 Å². The normalized spacial score (nSPS) is 10.8. The van der Waals surface area contributed by atoms with Gasteiger partial charge >= 0.3 is 0 Å². The van der Waals surface area contributed by atoms with E-state index in [0.717, 1.165) is 33.5 Å². The Bertz CT molecular complexity index is 1350. The Labute approximate surface area is 196 Å². The fourth-order valence-electron chi connectivity index (χ4n) is 3.77. The summed E-state index contributed by atoms with van der Waals surface area (Å²) in [6.45, 7) is 0.496. The van der Waals surface area contributed by atoms with Gasteiger partial charge in [0, 0.05) is 33.0 Å². The zero-order valence-corrected chi connectivity index (χ0v) is 18.4. The number of fused-ring (bicyclic) bond motifs is 1. The highest BCUT2D eigenvalue weighted by molar-refractivity contribution is 6.31. The predicted molar refractivity (Wildman–Crippen MR) is 135 cm³/mol. The number of anilines is 4. The van der Waals surface area contributed by atoms with Crippen molar-refractivity contribution in [2.45, 2.75) is 6.54 Å². The average Bonchev–Trinajstić information content (AvgIpc) is 2.85. The van der Waals surface area contributed by atoms with Crippen LogP contribution in [0.25, 0.3) is 10.9 Å². The Kier molecular flexibility index (Phi) is 5.79. The van der Waals surface area contributed by atoms with Crippen molar-refractivity contribution >= 4 is 45.4 Å². The molecular weight excluding hydrogens is 432 g/mol. The highest BCUT2D eigenvalue weighted by Crippen LogP contribution is 2.32. The lowest BCUT2D eigenvalue weighted by Crippen LogP contribution is -2.16. The summed E-state index contributed by atoms with van der Waals surface area (Å²) in [6, 6.07) is 31.3. The molecule has 0 bridgehead atoms. The molecular formula is C27H21ClN4O. The maximum Gasteiger partial charge on any atom is 0.141 e. The molecule has 0 saturated carbocycles. The fourth-order valence-corrected chi connectivity index (χ4v) is 3.94. The van der Waals surface area contributed by atoms with Gasteiger partial charge in [0.2, 0.25) is 0 Å². The van der Waals surface area contributed by atoms with Crippen molar-refractivity contribution in [1.29, 1.82) is 0 Å². The smallest absolute Gasteiger partial charge is 0.141 e. The second-order valence-corrected chi connectivity index (χ2v) is 8.05. The number of halogens is 1. The first-order valence-electron chi connectivity index (χ1n) is 10.5. The third kappa shape index (κ3) is 4.59. The molecule has 4 aromatic carbocycles. The number of aromatic hydroxyl groups is 1. The zero-order chi connectivity index (χ0) is 22.6.